The van der Waals surface area contributed by atoms with Gasteiger partial charge in [0.15, 0.2) is 11.6 Å². The number of ketones is 2. The molecule has 4 atom stereocenters. The number of phenols is 1. The van der Waals surface area contributed by atoms with Gasteiger partial charge in [0.2, 0.25) is 0 Å². The van der Waals surface area contributed by atoms with Crippen molar-refractivity contribution in [2.24, 2.45) is 11.8 Å². The Labute approximate surface area is 138 Å². The number of Topliss-reactive ketones (excluding diaryl/α,β-unsaturated/α-hetero) is 2. The van der Waals surface area contributed by atoms with Crippen LogP contribution in [0.1, 0.15) is 41.8 Å². The van der Waals surface area contributed by atoms with Crippen molar-refractivity contribution in [2.45, 2.75) is 31.5 Å². The lowest BCUT2D eigenvalue weighted by Crippen LogP contribution is -2.53. The summed E-state index contributed by atoms with van der Waals surface area (Å²) >= 11 is 0. The SMILES string of the molecule is C[C@@H]1CC(=O)C2=C(C=C[C@]3(O)[C@@H]2C(=O)c2cccc(O)c2[C@@H]3O)C1. The van der Waals surface area contributed by atoms with Crippen molar-refractivity contribution in [3.8, 4) is 5.75 Å². The van der Waals surface area contributed by atoms with E-state index in [0.717, 1.165) is 5.57 Å². The van der Waals surface area contributed by atoms with Crippen LogP contribution in [-0.4, -0.2) is 32.5 Å². The maximum absolute atomic E-state index is 13.0. The molecular formula is C19H18O5. The standard InChI is InChI=1S/C19H18O5/c1-9-7-10-5-6-19(24)16(14(10)13(21)8-9)17(22)11-3-2-4-12(20)15(11)18(19)23/h2-6,9,16,18,20,23-24H,7-8H2,1H3/t9-,16-,18-,19-/m0/s1. The molecule has 0 amide bonds. The fourth-order valence-electron chi connectivity index (χ4n) is 4.26. The second-order valence-electron chi connectivity index (χ2n) is 7.03. The van der Waals surface area contributed by atoms with Crippen LogP contribution < -0.4 is 0 Å². The molecule has 3 aliphatic carbocycles. The van der Waals surface area contributed by atoms with Crippen LogP contribution in [0, 0.1) is 11.8 Å². The first-order valence-electron chi connectivity index (χ1n) is 8.06. The minimum absolute atomic E-state index is 0.0200. The van der Waals surface area contributed by atoms with E-state index in [1.54, 1.807) is 6.08 Å². The normalized spacial score (nSPS) is 34.7. The predicted molar refractivity (Wildman–Crippen MR) is 85.4 cm³/mol. The number of phenolic OH excluding ortho intramolecular Hbond substituents is 1. The Morgan fingerprint density at radius 3 is 2.71 bits per heavy atom. The minimum atomic E-state index is -1.92. The number of carbonyl (C=O) groups is 2. The number of allylic oxidation sites excluding steroid dienone is 2. The Kier molecular flexibility index (Phi) is 3.11. The fraction of sp³-hybridized carbons (Fsp3) is 0.368. The average Bonchev–Trinajstić information content (AvgIpc) is 2.53. The van der Waals surface area contributed by atoms with Crippen molar-refractivity contribution in [1.29, 1.82) is 0 Å². The lowest BCUT2D eigenvalue weighted by atomic mass is 9.61. The average molecular weight is 326 g/mol. The van der Waals surface area contributed by atoms with Crippen LogP contribution >= 0.6 is 0 Å². The molecule has 0 heterocycles. The van der Waals surface area contributed by atoms with E-state index in [2.05, 4.69) is 0 Å². The number of benzene rings is 1. The van der Waals surface area contributed by atoms with Gasteiger partial charge in [-0.3, -0.25) is 9.59 Å². The second-order valence-corrected chi connectivity index (χ2v) is 7.03. The van der Waals surface area contributed by atoms with E-state index in [0.29, 0.717) is 18.4 Å². The van der Waals surface area contributed by atoms with Gasteiger partial charge in [-0.2, -0.15) is 0 Å². The largest absolute Gasteiger partial charge is 0.508 e. The zero-order chi connectivity index (χ0) is 17.2. The van der Waals surface area contributed by atoms with Gasteiger partial charge in [-0.1, -0.05) is 25.1 Å². The lowest BCUT2D eigenvalue weighted by molar-refractivity contribution is -0.120. The third-order valence-electron chi connectivity index (χ3n) is 5.37. The summed E-state index contributed by atoms with van der Waals surface area (Å²) in [7, 11) is 0. The fourth-order valence-corrected chi connectivity index (χ4v) is 4.26. The van der Waals surface area contributed by atoms with Crippen LogP contribution in [0.2, 0.25) is 0 Å². The van der Waals surface area contributed by atoms with Crippen LogP contribution in [0.25, 0.3) is 0 Å². The number of hydrogen-bond acceptors (Lipinski definition) is 5. The molecule has 5 nitrogen and oxygen atoms in total. The molecule has 0 bridgehead atoms. The number of aliphatic hydroxyl groups excluding tert-OH is 1. The third-order valence-corrected chi connectivity index (χ3v) is 5.37. The third kappa shape index (κ3) is 1.82. The maximum Gasteiger partial charge on any atom is 0.174 e. The van der Waals surface area contributed by atoms with Crippen molar-refractivity contribution in [3.05, 3.63) is 52.6 Å². The second kappa shape index (κ2) is 4.88. The van der Waals surface area contributed by atoms with Crippen molar-refractivity contribution in [1.82, 2.24) is 0 Å². The number of aromatic hydroxyl groups is 1. The molecule has 0 saturated heterocycles. The molecule has 3 N–H and O–H groups in total. The summed E-state index contributed by atoms with van der Waals surface area (Å²) in [4.78, 5) is 25.6. The smallest absolute Gasteiger partial charge is 0.174 e. The van der Waals surface area contributed by atoms with Gasteiger partial charge in [-0.25, -0.2) is 0 Å². The van der Waals surface area contributed by atoms with Gasteiger partial charge < -0.3 is 15.3 Å². The highest BCUT2D eigenvalue weighted by molar-refractivity contribution is 6.11. The van der Waals surface area contributed by atoms with Gasteiger partial charge in [0.1, 0.15) is 17.5 Å². The first kappa shape index (κ1) is 15.3. The van der Waals surface area contributed by atoms with Gasteiger partial charge in [0.25, 0.3) is 0 Å². The summed E-state index contributed by atoms with van der Waals surface area (Å²) in [5.41, 5.74) is -0.663. The number of aliphatic hydroxyl groups is 2. The molecule has 1 aromatic rings. The molecule has 0 unspecified atom stereocenters. The Hall–Kier alpha value is -2.24. The van der Waals surface area contributed by atoms with Gasteiger partial charge in [-0.15, -0.1) is 0 Å². The Balaban J connectivity index is 1.96. The molecule has 0 radical (unpaired) electrons. The van der Waals surface area contributed by atoms with E-state index in [1.807, 2.05) is 6.92 Å². The molecule has 24 heavy (non-hydrogen) atoms. The lowest BCUT2D eigenvalue weighted by Gasteiger charge is -2.45. The maximum atomic E-state index is 13.0. The van der Waals surface area contributed by atoms with Crippen LogP contribution in [0.3, 0.4) is 0 Å². The summed E-state index contributed by atoms with van der Waals surface area (Å²) in [5, 5.41) is 31.8. The van der Waals surface area contributed by atoms with Crippen LogP contribution in [0.4, 0.5) is 0 Å². The van der Waals surface area contributed by atoms with Crippen LogP contribution in [0.15, 0.2) is 41.5 Å². The van der Waals surface area contributed by atoms with E-state index < -0.39 is 23.4 Å². The Morgan fingerprint density at radius 2 is 1.96 bits per heavy atom. The number of fused-ring (bicyclic) bond motifs is 3. The Morgan fingerprint density at radius 1 is 1.21 bits per heavy atom. The topological polar surface area (TPSA) is 94.8 Å². The van der Waals surface area contributed by atoms with Gasteiger partial charge in [0, 0.05) is 23.1 Å². The Bertz CT molecular complexity index is 834. The molecule has 3 aliphatic rings. The molecule has 0 spiro atoms. The van der Waals surface area contributed by atoms with Crippen molar-refractivity contribution < 1.29 is 24.9 Å². The number of rotatable bonds is 0. The van der Waals surface area contributed by atoms with E-state index in [1.165, 1.54) is 24.3 Å². The highest BCUT2D eigenvalue weighted by atomic mass is 16.3. The molecule has 0 aliphatic heterocycles. The monoisotopic (exact) mass is 326 g/mol. The molecule has 5 heteroatoms. The molecule has 124 valence electrons. The van der Waals surface area contributed by atoms with Gasteiger partial charge in [-0.05, 0) is 30.1 Å². The molecule has 4 rings (SSSR count). The quantitative estimate of drug-likeness (QED) is 0.676. The minimum Gasteiger partial charge on any atom is -0.508 e. The first-order valence-corrected chi connectivity index (χ1v) is 8.06. The number of carbonyl (C=O) groups excluding carboxylic acids is 2. The van der Waals surface area contributed by atoms with Crippen LogP contribution in [-0.2, 0) is 4.79 Å². The van der Waals surface area contributed by atoms with Gasteiger partial charge >= 0.3 is 0 Å². The highest BCUT2D eigenvalue weighted by Gasteiger charge is 2.56. The van der Waals surface area contributed by atoms with E-state index in [-0.39, 0.29) is 28.6 Å². The zero-order valence-electron chi connectivity index (χ0n) is 13.2. The molecule has 1 aromatic carbocycles. The summed E-state index contributed by atoms with van der Waals surface area (Å²) in [6.07, 6.45) is 2.56. The molecule has 0 saturated carbocycles. The molecular weight excluding hydrogens is 308 g/mol. The van der Waals surface area contributed by atoms with E-state index in [4.69, 9.17) is 0 Å². The highest BCUT2D eigenvalue weighted by Crippen LogP contribution is 2.52. The molecule has 0 fully saturated rings. The summed E-state index contributed by atoms with van der Waals surface area (Å²) < 4.78 is 0. The van der Waals surface area contributed by atoms with Crippen molar-refractivity contribution >= 4 is 11.6 Å². The van der Waals surface area contributed by atoms with Gasteiger partial charge in [0.05, 0.1) is 5.92 Å². The summed E-state index contributed by atoms with van der Waals surface area (Å²) in [6, 6.07) is 4.39. The number of hydrogen-bond donors (Lipinski definition) is 3. The van der Waals surface area contributed by atoms with Crippen molar-refractivity contribution in [3.63, 3.8) is 0 Å². The first-order chi connectivity index (χ1) is 11.3. The van der Waals surface area contributed by atoms with Crippen molar-refractivity contribution in [2.75, 3.05) is 0 Å². The predicted octanol–water partition coefficient (Wildman–Crippen LogP) is 1.83. The summed E-state index contributed by atoms with van der Waals surface area (Å²) in [6.45, 7) is 1.97. The summed E-state index contributed by atoms with van der Waals surface area (Å²) in [5.74, 6) is -1.76. The zero-order valence-corrected chi connectivity index (χ0v) is 13.2. The van der Waals surface area contributed by atoms with E-state index in [9.17, 15) is 24.9 Å². The van der Waals surface area contributed by atoms with E-state index >= 15 is 0 Å². The molecule has 0 aromatic heterocycles. The van der Waals surface area contributed by atoms with Crippen LogP contribution in [0.5, 0.6) is 5.75 Å².